The van der Waals surface area contributed by atoms with Crippen molar-refractivity contribution in [1.82, 2.24) is 9.47 Å². The summed E-state index contributed by atoms with van der Waals surface area (Å²) < 4.78 is 13.3. The minimum atomic E-state index is -0.176. The first-order chi connectivity index (χ1) is 18.3. The maximum Gasteiger partial charge on any atom is 0.281 e. The average molecular weight is 544 g/mol. The van der Waals surface area contributed by atoms with Crippen LogP contribution in [0.3, 0.4) is 0 Å². The Morgan fingerprint density at radius 3 is 2.00 bits per heavy atom. The Hall–Kier alpha value is -4.07. The number of aromatic nitrogens is 1. The van der Waals surface area contributed by atoms with Crippen LogP contribution in [0.5, 0.6) is 17.2 Å². The molecule has 0 unspecified atom stereocenters. The number of anilines is 1. The van der Waals surface area contributed by atoms with Crippen molar-refractivity contribution in [1.29, 1.82) is 0 Å². The molecule has 1 amide bonds. The third-order valence-electron chi connectivity index (χ3n) is 6.50. The van der Waals surface area contributed by atoms with E-state index in [4.69, 9.17) is 33.3 Å². The lowest BCUT2D eigenvalue weighted by atomic mass is 10.2. The molecule has 2 heterocycles. The Morgan fingerprint density at radius 2 is 1.39 bits per heavy atom. The van der Waals surface area contributed by atoms with Gasteiger partial charge in [-0.05, 0) is 117 Å². The monoisotopic (exact) mass is 543 g/mol. The van der Waals surface area contributed by atoms with Gasteiger partial charge in [0.05, 0.1) is 12.8 Å². The van der Waals surface area contributed by atoms with Crippen molar-refractivity contribution in [3.8, 4) is 22.9 Å². The zero-order valence-corrected chi connectivity index (χ0v) is 23.0. The molecule has 192 valence electrons. The maximum absolute atomic E-state index is 13.4. The van der Waals surface area contributed by atoms with Gasteiger partial charge in [-0.2, -0.15) is 0 Å². The number of carbonyl (C=O) groups excluding carboxylic acids is 1. The molecule has 38 heavy (non-hydrogen) atoms. The summed E-state index contributed by atoms with van der Waals surface area (Å²) in [5.41, 5.74) is 5.18. The van der Waals surface area contributed by atoms with Crippen LogP contribution in [0.25, 0.3) is 11.8 Å². The van der Waals surface area contributed by atoms with E-state index in [1.54, 1.807) is 36.3 Å². The van der Waals surface area contributed by atoms with Crippen molar-refractivity contribution < 1.29 is 14.3 Å². The maximum atomic E-state index is 13.4. The van der Waals surface area contributed by atoms with Gasteiger partial charge in [-0.25, -0.2) is 0 Å². The third kappa shape index (κ3) is 4.78. The second-order valence-electron chi connectivity index (χ2n) is 8.92. The largest absolute Gasteiger partial charge is 0.497 e. The highest BCUT2D eigenvalue weighted by molar-refractivity contribution is 7.80. The van der Waals surface area contributed by atoms with E-state index in [2.05, 4.69) is 10.6 Å². The molecular formula is C30H26ClN3O3S. The normalized spacial score (nSPS) is 14.5. The van der Waals surface area contributed by atoms with Crippen LogP contribution in [0, 0.1) is 13.8 Å². The minimum Gasteiger partial charge on any atom is -0.497 e. The first kappa shape index (κ1) is 25.6. The number of aryl methyl sites for hydroxylation is 1. The highest BCUT2D eigenvalue weighted by atomic mass is 35.5. The van der Waals surface area contributed by atoms with Crippen LogP contribution in [0.1, 0.15) is 17.0 Å². The predicted octanol–water partition coefficient (Wildman–Crippen LogP) is 7.15. The van der Waals surface area contributed by atoms with Gasteiger partial charge in [-0.3, -0.25) is 9.69 Å². The highest BCUT2D eigenvalue weighted by Gasteiger charge is 2.37. The second-order valence-corrected chi connectivity index (χ2v) is 9.72. The molecule has 0 radical (unpaired) electrons. The van der Waals surface area contributed by atoms with Crippen LogP contribution < -0.4 is 14.4 Å². The summed E-state index contributed by atoms with van der Waals surface area (Å²) in [4.78, 5) is 16.6. The Kier molecular flexibility index (Phi) is 6.97. The van der Waals surface area contributed by atoms with E-state index < -0.39 is 0 Å². The van der Waals surface area contributed by atoms with Gasteiger partial charge in [0.2, 0.25) is 0 Å². The molecule has 0 atom stereocenters. The molecule has 8 heteroatoms. The quantitative estimate of drug-likeness (QED) is 0.191. The summed E-state index contributed by atoms with van der Waals surface area (Å²) in [6.07, 6.45) is 1.89. The van der Waals surface area contributed by atoms with Crippen LogP contribution in [0.15, 0.2) is 84.6 Å². The second kappa shape index (κ2) is 10.4. The SMILES string of the molecule is COc1ccc(Oc2ccc(-n3c(C)cc(/C=C4/C(=O)N(c5ccc(Cl)cc5)C(=S)N4C)c3C)cc2)cc1. The van der Waals surface area contributed by atoms with E-state index in [0.29, 0.717) is 21.5 Å². The van der Waals surface area contributed by atoms with Crippen molar-refractivity contribution >= 4 is 46.6 Å². The summed E-state index contributed by atoms with van der Waals surface area (Å²) in [5.74, 6) is 2.07. The lowest BCUT2D eigenvalue weighted by Gasteiger charge is -2.16. The van der Waals surface area contributed by atoms with Gasteiger partial charge in [0.25, 0.3) is 5.91 Å². The van der Waals surface area contributed by atoms with Crippen molar-refractivity contribution in [2.75, 3.05) is 19.1 Å². The third-order valence-corrected chi connectivity index (χ3v) is 7.21. The van der Waals surface area contributed by atoms with Crippen LogP contribution in [-0.2, 0) is 4.79 Å². The van der Waals surface area contributed by atoms with Crippen molar-refractivity contribution in [2.45, 2.75) is 13.8 Å². The summed E-state index contributed by atoms with van der Waals surface area (Å²) in [7, 11) is 3.44. The topological polar surface area (TPSA) is 46.9 Å². The average Bonchev–Trinajstić information content (AvgIpc) is 3.31. The number of rotatable bonds is 6. The number of nitrogens with zero attached hydrogens (tertiary/aromatic N) is 3. The van der Waals surface area contributed by atoms with Gasteiger partial charge in [-0.1, -0.05) is 11.6 Å². The molecule has 0 N–H and O–H groups in total. The molecule has 1 aliphatic rings. The molecule has 0 bridgehead atoms. The number of ether oxygens (including phenoxy) is 2. The van der Waals surface area contributed by atoms with Crippen molar-refractivity contribution in [3.63, 3.8) is 0 Å². The number of amides is 1. The summed E-state index contributed by atoms with van der Waals surface area (Å²) in [5, 5.41) is 1.02. The molecule has 0 spiro atoms. The first-order valence-corrected chi connectivity index (χ1v) is 12.8. The number of benzene rings is 3. The fourth-order valence-electron chi connectivity index (χ4n) is 4.50. The minimum absolute atomic E-state index is 0.176. The smallest absolute Gasteiger partial charge is 0.281 e. The van der Waals surface area contributed by atoms with E-state index >= 15 is 0 Å². The van der Waals surface area contributed by atoms with E-state index in [0.717, 1.165) is 39.9 Å². The van der Waals surface area contributed by atoms with Crippen LogP contribution >= 0.6 is 23.8 Å². The van der Waals surface area contributed by atoms with E-state index in [1.807, 2.05) is 75.5 Å². The summed E-state index contributed by atoms with van der Waals surface area (Å²) in [6, 6.07) is 24.5. The van der Waals surface area contributed by atoms with Crippen LogP contribution in [-0.4, -0.2) is 34.6 Å². The fourth-order valence-corrected chi connectivity index (χ4v) is 4.91. The van der Waals surface area contributed by atoms with Crippen LogP contribution in [0.4, 0.5) is 5.69 Å². The zero-order chi connectivity index (χ0) is 27.0. The molecule has 6 nitrogen and oxygen atoms in total. The highest BCUT2D eigenvalue weighted by Crippen LogP contribution is 2.31. The van der Waals surface area contributed by atoms with Gasteiger partial charge in [0.1, 0.15) is 22.9 Å². The van der Waals surface area contributed by atoms with Gasteiger partial charge >= 0.3 is 0 Å². The lowest BCUT2D eigenvalue weighted by molar-refractivity contribution is -0.114. The fraction of sp³-hybridized carbons (Fsp3) is 0.133. The van der Waals surface area contributed by atoms with Gasteiger partial charge in [0, 0.05) is 29.1 Å². The van der Waals surface area contributed by atoms with Crippen LogP contribution in [0.2, 0.25) is 5.02 Å². The van der Waals surface area contributed by atoms with E-state index in [9.17, 15) is 4.79 Å². The molecule has 5 rings (SSSR count). The van der Waals surface area contributed by atoms with E-state index in [-0.39, 0.29) is 5.91 Å². The van der Waals surface area contributed by atoms with Gasteiger partial charge in [-0.15, -0.1) is 0 Å². The molecule has 3 aromatic carbocycles. The molecule has 1 aliphatic heterocycles. The zero-order valence-electron chi connectivity index (χ0n) is 21.4. The Balaban J connectivity index is 1.40. The molecule has 1 saturated heterocycles. The molecule has 0 aliphatic carbocycles. The van der Waals surface area contributed by atoms with Crippen molar-refractivity contribution in [3.05, 3.63) is 107 Å². The number of hydrogen-bond donors (Lipinski definition) is 0. The first-order valence-electron chi connectivity index (χ1n) is 12.0. The van der Waals surface area contributed by atoms with Crippen molar-refractivity contribution in [2.24, 2.45) is 0 Å². The summed E-state index contributed by atoms with van der Waals surface area (Å²) >= 11 is 11.6. The number of halogens is 1. The molecule has 0 saturated carbocycles. The van der Waals surface area contributed by atoms with E-state index in [1.165, 1.54) is 4.90 Å². The number of hydrogen-bond acceptors (Lipinski definition) is 4. The molecule has 1 fully saturated rings. The Bertz CT molecular complexity index is 1540. The Labute approximate surface area is 232 Å². The number of likely N-dealkylation sites (N-methyl/N-ethyl adjacent to an activating group) is 1. The number of carbonyl (C=O) groups is 1. The molecular weight excluding hydrogens is 518 g/mol. The lowest BCUT2D eigenvalue weighted by Crippen LogP contribution is -2.31. The van der Waals surface area contributed by atoms with Gasteiger partial charge in [0.15, 0.2) is 5.11 Å². The predicted molar refractivity (Wildman–Crippen MR) is 156 cm³/mol. The molecule has 1 aromatic heterocycles. The standard InChI is InChI=1S/C30H26ClN3O3S/c1-19-17-21(18-28-29(35)34(30(38)32(28)3)24-7-5-22(31)6-8-24)20(2)33(19)23-9-11-26(12-10-23)37-27-15-13-25(36-4)14-16-27/h5-18H,1-4H3/b28-18-. The molecule has 4 aromatic rings. The van der Waals surface area contributed by atoms with Gasteiger partial charge < -0.3 is 18.9 Å². The summed E-state index contributed by atoms with van der Waals surface area (Å²) in [6.45, 7) is 4.08. The Morgan fingerprint density at radius 1 is 0.842 bits per heavy atom. The number of methoxy groups -OCH3 is 1. The number of thiocarbonyl (C=S) groups is 1.